The van der Waals surface area contributed by atoms with Gasteiger partial charge in [0.1, 0.15) is 5.69 Å². The average Bonchev–Trinajstić information content (AvgIpc) is 2.99. The quantitative estimate of drug-likeness (QED) is 0.292. The first-order valence-electron chi connectivity index (χ1n) is 8.54. The number of aromatic nitrogens is 3. The van der Waals surface area contributed by atoms with Gasteiger partial charge in [0.2, 0.25) is 5.28 Å². The summed E-state index contributed by atoms with van der Waals surface area (Å²) in [7, 11) is -2.07. The fraction of sp³-hybridized carbons (Fsp3) is 0.588. The predicted molar refractivity (Wildman–Crippen MR) is 105 cm³/mol. The van der Waals surface area contributed by atoms with E-state index in [0.717, 1.165) is 17.5 Å². The number of thiazole rings is 1. The van der Waals surface area contributed by atoms with E-state index in [1.807, 2.05) is 0 Å². The van der Waals surface area contributed by atoms with Crippen LogP contribution in [0.4, 0.5) is 17.6 Å². The van der Waals surface area contributed by atoms with Gasteiger partial charge < -0.3 is 4.43 Å². The van der Waals surface area contributed by atoms with Gasteiger partial charge in [0, 0.05) is 12.5 Å². The van der Waals surface area contributed by atoms with Crippen molar-refractivity contribution in [2.24, 2.45) is 0 Å². The van der Waals surface area contributed by atoms with Gasteiger partial charge in [-0.05, 0) is 29.7 Å². The van der Waals surface area contributed by atoms with Gasteiger partial charge in [0.25, 0.3) is 0 Å². The lowest BCUT2D eigenvalue weighted by Gasteiger charge is -2.36. The van der Waals surface area contributed by atoms with E-state index in [-0.39, 0.29) is 21.9 Å². The van der Waals surface area contributed by atoms with Crippen LogP contribution in [0.1, 0.15) is 44.3 Å². The van der Waals surface area contributed by atoms with E-state index in [0.29, 0.717) is 0 Å². The summed E-state index contributed by atoms with van der Waals surface area (Å²) in [5.41, 5.74) is -1.69. The average molecular weight is 456 g/mol. The Morgan fingerprint density at radius 3 is 2.36 bits per heavy atom. The second kappa shape index (κ2) is 7.96. The maximum Gasteiger partial charge on any atom is 0.434 e. The van der Waals surface area contributed by atoms with Crippen molar-refractivity contribution >= 4 is 31.3 Å². The Balaban J connectivity index is 2.39. The van der Waals surface area contributed by atoms with E-state index in [1.54, 1.807) is 6.92 Å². The Kier molecular flexibility index (Phi) is 6.59. The molecule has 0 aromatic carbocycles. The maximum atomic E-state index is 14.1. The minimum Gasteiger partial charge on any atom is -0.416 e. The van der Waals surface area contributed by atoms with Crippen LogP contribution >= 0.6 is 22.9 Å². The summed E-state index contributed by atoms with van der Waals surface area (Å²) in [5.74, 6) is -1.38. The van der Waals surface area contributed by atoms with Gasteiger partial charge in [-0.15, -0.1) is 11.3 Å². The number of hydrogen-bond donors (Lipinski definition) is 0. The molecular formula is C17H22ClF4N3OSSi. The van der Waals surface area contributed by atoms with E-state index < -0.39 is 42.5 Å². The van der Waals surface area contributed by atoms with Crippen molar-refractivity contribution in [2.45, 2.75) is 57.9 Å². The van der Waals surface area contributed by atoms with E-state index >= 15 is 0 Å². The van der Waals surface area contributed by atoms with Crippen LogP contribution in [-0.2, 0) is 10.6 Å². The van der Waals surface area contributed by atoms with Gasteiger partial charge in [-0.2, -0.15) is 13.2 Å². The third-order valence-electron chi connectivity index (χ3n) is 4.76. The zero-order valence-electron chi connectivity index (χ0n) is 16.4. The lowest BCUT2D eigenvalue weighted by Crippen LogP contribution is -2.41. The Morgan fingerprint density at radius 2 is 1.82 bits per heavy atom. The summed E-state index contributed by atoms with van der Waals surface area (Å²) in [6, 6.07) is 0. The zero-order chi connectivity index (χ0) is 21.5. The molecule has 156 valence electrons. The molecule has 2 aromatic rings. The first-order valence-corrected chi connectivity index (χ1v) is 12.6. The number of nitrogens with zero attached hydrogens (tertiary/aromatic N) is 3. The molecule has 28 heavy (non-hydrogen) atoms. The first-order chi connectivity index (χ1) is 12.6. The molecule has 0 aliphatic carbocycles. The summed E-state index contributed by atoms with van der Waals surface area (Å²) < 4.78 is 60.7. The third kappa shape index (κ3) is 5.08. The highest BCUT2D eigenvalue weighted by molar-refractivity contribution is 7.15. The Labute approximate surface area is 171 Å². The van der Waals surface area contributed by atoms with Crippen LogP contribution < -0.4 is 0 Å². The van der Waals surface area contributed by atoms with Crippen molar-refractivity contribution in [3.05, 3.63) is 28.0 Å². The summed E-state index contributed by atoms with van der Waals surface area (Å²) >= 11 is 6.39. The molecule has 0 aliphatic heterocycles. The molecule has 11 heteroatoms. The molecule has 2 rings (SSSR count). The van der Waals surface area contributed by atoms with Crippen LogP contribution in [0.2, 0.25) is 23.4 Å². The summed E-state index contributed by atoms with van der Waals surface area (Å²) in [4.78, 5) is 10.4. The van der Waals surface area contributed by atoms with E-state index in [2.05, 4.69) is 48.8 Å². The van der Waals surface area contributed by atoms with Crippen LogP contribution in [-0.4, -0.2) is 29.9 Å². The molecule has 0 amide bonds. The lowest BCUT2D eigenvalue weighted by molar-refractivity contribution is -0.140. The van der Waals surface area contributed by atoms with Gasteiger partial charge in [-0.3, -0.25) is 0 Å². The normalized spacial score (nSPS) is 14.4. The zero-order valence-corrected chi connectivity index (χ0v) is 19.0. The number of rotatable bonds is 5. The highest BCUT2D eigenvalue weighted by atomic mass is 35.5. The molecule has 0 saturated heterocycles. The molecule has 0 fully saturated rings. The predicted octanol–water partition coefficient (Wildman–Crippen LogP) is 6.54. The number of halogens is 5. The van der Waals surface area contributed by atoms with Gasteiger partial charge >= 0.3 is 6.18 Å². The van der Waals surface area contributed by atoms with Crippen LogP contribution in [0.5, 0.6) is 0 Å². The van der Waals surface area contributed by atoms with Crippen molar-refractivity contribution in [1.29, 1.82) is 0 Å². The third-order valence-corrected chi connectivity index (χ3v) is 10.7. The molecule has 4 nitrogen and oxygen atoms in total. The van der Waals surface area contributed by atoms with Crippen molar-refractivity contribution in [1.82, 2.24) is 15.0 Å². The monoisotopic (exact) mass is 455 g/mol. The molecule has 0 aliphatic rings. The fourth-order valence-electron chi connectivity index (χ4n) is 2.03. The molecule has 0 bridgehead atoms. The topological polar surface area (TPSA) is 47.9 Å². The molecule has 1 unspecified atom stereocenters. The molecular weight excluding hydrogens is 434 g/mol. The van der Waals surface area contributed by atoms with E-state index in [4.69, 9.17) is 16.0 Å². The lowest BCUT2D eigenvalue weighted by atomic mass is 10.2. The highest BCUT2D eigenvalue weighted by Gasteiger charge is 2.41. The van der Waals surface area contributed by atoms with Crippen molar-refractivity contribution < 1.29 is 22.0 Å². The smallest absolute Gasteiger partial charge is 0.416 e. The highest BCUT2D eigenvalue weighted by Crippen LogP contribution is 2.43. The van der Waals surface area contributed by atoms with Crippen molar-refractivity contribution in [2.75, 3.05) is 6.61 Å². The Morgan fingerprint density at radius 1 is 1.21 bits per heavy atom. The number of alkyl halides is 3. The van der Waals surface area contributed by atoms with Gasteiger partial charge in [-0.25, -0.2) is 19.3 Å². The van der Waals surface area contributed by atoms with Gasteiger partial charge in [0.05, 0.1) is 16.1 Å². The van der Waals surface area contributed by atoms with Crippen LogP contribution in [0.25, 0.3) is 10.6 Å². The minimum atomic E-state index is -4.76. The summed E-state index contributed by atoms with van der Waals surface area (Å²) in [6.07, 6.45) is -4.01. The SMILES string of the molecule is CC(CO[Si](C)(C)C(C)(C)C)c1nc(C(F)(F)F)c(-c2nc(Cl)ncc2F)s1. The molecule has 2 heterocycles. The van der Waals surface area contributed by atoms with Crippen molar-refractivity contribution in [3.8, 4) is 10.6 Å². The molecule has 0 saturated carbocycles. The van der Waals surface area contributed by atoms with Crippen LogP contribution in [0.15, 0.2) is 6.20 Å². The van der Waals surface area contributed by atoms with Gasteiger partial charge in [-0.1, -0.05) is 27.7 Å². The van der Waals surface area contributed by atoms with Crippen LogP contribution in [0.3, 0.4) is 0 Å². The van der Waals surface area contributed by atoms with Gasteiger partial charge in [0.15, 0.2) is 19.8 Å². The summed E-state index contributed by atoms with van der Waals surface area (Å²) in [5, 5.41) is -0.164. The number of hydrogen-bond acceptors (Lipinski definition) is 5. The van der Waals surface area contributed by atoms with Crippen molar-refractivity contribution in [3.63, 3.8) is 0 Å². The molecule has 1 atom stereocenters. The molecule has 0 spiro atoms. The fourth-order valence-corrected chi connectivity index (χ4v) is 4.37. The van der Waals surface area contributed by atoms with E-state index in [9.17, 15) is 17.6 Å². The Hall–Kier alpha value is -1.10. The van der Waals surface area contributed by atoms with E-state index in [1.165, 1.54) is 0 Å². The molecule has 0 radical (unpaired) electrons. The Bertz CT molecular complexity index is 852. The van der Waals surface area contributed by atoms with Crippen LogP contribution in [0, 0.1) is 5.82 Å². The standard InChI is InChI=1S/C17H22ClF4N3OSSi/c1-9(8-26-28(5,6)16(2,3)4)14-25-13(17(20,21)22)12(27-14)11-10(19)7-23-15(18)24-11/h7,9H,8H2,1-6H3. The molecule has 2 aromatic heterocycles. The second-order valence-corrected chi connectivity index (χ2v) is 14.2. The second-order valence-electron chi connectivity index (χ2n) is 8.04. The first kappa shape index (κ1) is 23.2. The largest absolute Gasteiger partial charge is 0.434 e. The maximum absolute atomic E-state index is 14.1. The molecule has 0 N–H and O–H groups in total. The summed E-state index contributed by atoms with van der Waals surface area (Å²) in [6.45, 7) is 12.3. The minimum absolute atomic E-state index is 0.0290.